The first-order chi connectivity index (χ1) is 18.3. The van der Waals surface area contributed by atoms with Crippen LogP contribution in [-0.4, -0.2) is 25.4 Å². The fourth-order valence-electron chi connectivity index (χ4n) is 4.58. The monoisotopic (exact) mass is 564 g/mol. The lowest BCUT2D eigenvalue weighted by Gasteiger charge is -2.31. The maximum absolute atomic E-state index is 9.19. The van der Waals surface area contributed by atoms with Crippen molar-refractivity contribution in [2.75, 3.05) is 12.4 Å². The van der Waals surface area contributed by atoms with E-state index in [-0.39, 0.29) is 13.1 Å². The van der Waals surface area contributed by atoms with Crippen LogP contribution < -0.4 is 10.6 Å². The number of unbranched alkanes of at least 4 members (excludes halogenated alkanes) is 3. The van der Waals surface area contributed by atoms with E-state index in [4.69, 9.17) is 4.55 Å². The van der Waals surface area contributed by atoms with Crippen LogP contribution in [0.4, 0.5) is 0 Å². The molecule has 0 amide bonds. The first-order valence-corrected chi connectivity index (χ1v) is 16.9. The molecule has 0 aliphatic carbocycles. The van der Waals surface area contributed by atoms with E-state index in [0.29, 0.717) is 6.26 Å². The zero-order valence-electron chi connectivity index (χ0n) is 22.0. The molecule has 0 radical (unpaired) electrons. The predicted molar refractivity (Wildman–Crippen MR) is 168 cm³/mol. The van der Waals surface area contributed by atoms with Gasteiger partial charge in [-0.15, -0.1) is 9.24 Å². The molecule has 0 saturated heterocycles. The number of benzene rings is 4. The second kappa shape index (κ2) is 15.3. The standard InChI is InChI=1S/C31H34P2.CH4O3S/c32-31(27-17-7-3-8-18-27,28-19-9-4-10-20-28)25-15-1-2-16-26-33(29-21-11-5-12-22-29)30-23-13-6-14-24-30;1-5(2,3)4/h3-14,17-24H,1-2,15-16,25-26,32H2;1H3,(H,2,3,4). The highest BCUT2D eigenvalue weighted by Gasteiger charge is 2.28. The Kier molecular flexibility index (Phi) is 12.2. The summed E-state index contributed by atoms with van der Waals surface area (Å²) in [6.45, 7) is 0. The lowest BCUT2D eigenvalue weighted by atomic mass is 9.85. The minimum atomic E-state index is -3.67. The van der Waals surface area contributed by atoms with E-state index in [9.17, 15) is 8.42 Å². The highest BCUT2D eigenvalue weighted by Crippen LogP contribution is 2.43. The predicted octanol–water partition coefficient (Wildman–Crippen LogP) is 7.39. The molecule has 0 bridgehead atoms. The van der Waals surface area contributed by atoms with E-state index < -0.39 is 10.1 Å². The molecular formula is C32H38O3P2S. The van der Waals surface area contributed by atoms with Gasteiger partial charge >= 0.3 is 0 Å². The van der Waals surface area contributed by atoms with Crippen LogP contribution in [0.5, 0.6) is 0 Å². The minimum Gasteiger partial charge on any atom is -0.286 e. The smallest absolute Gasteiger partial charge is 0.261 e. The van der Waals surface area contributed by atoms with Crippen LogP contribution in [0, 0.1) is 0 Å². The average Bonchev–Trinajstić information content (AvgIpc) is 2.93. The van der Waals surface area contributed by atoms with Gasteiger partial charge in [0.2, 0.25) is 0 Å². The summed E-state index contributed by atoms with van der Waals surface area (Å²) in [4.78, 5) is 0. The van der Waals surface area contributed by atoms with E-state index in [0.717, 1.165) is 6.42 Å². The minimum absolute atomic E-state index is 0.0107. The maximum atomic E-state index is 9.19. The topological polar surface area (TPSA) is 54.4 Å². The molecule has 0 fully saturated rings. The number of hydrogen-bond donors (Lipinski definition) is 1. The Morgan fingerprint density at radius 2 is 0.974 bits per heavy atom. The molecule has 200 valence electrons. The average molecular weight is 565 g/mol. The molecule has 1 N–H and O–H groups in total. The third-order valence-electron chi connectivity index (χ3n) is 6.42. The molecule has 0 heterocycles. The van der Waals surface area contributed by atoms with Crippen LogP contribution >= 0.6 is 17.2 Å². The van der Waals surface area contributed by atoms with Crippen molar-refractivity contribution in [2.24, 2.45) is 0 Å². The Morgan fingerprint density at radius 3 is 1.37 bits per heavy atom. The van der Waals surface area contributed by atoms with Gasteiger partial charge in [0.15, 0.2) is 0 Å². The van der Waals surface area contributed by atoms with Crippen LogP contribution in [0.25, 0.3) is 0 Å². The Labute approximate surface area is 232 Å². The van der Waals surface area contributed by atoms with Crippen molar-refractivity contribution in [3.8, 4) is 0 Å². The fourth-order valence-corrected chi connectivity index (χ4v) is 7.58. The summed E-state index contributed by atoms with van der Waals surface area (Å²) >= 11 is 0. The molecule has 1 atom stereocenters. The lowest BCUT2D eigenvalue weighted by Crippen LogP contribution is -2.19. The third-order valence-corrected chi connectivity index (χ3v) is 9.98. The van der Waals surface area contributed by atoms with E-state index in [1.54, 1.807) is 0 Å². The molecule has 4 rings (SSSR count). The molecule has 4 aromatic carbocycles. The van der Waals surface area contributed by atoms with Gasteiger partial charge in [-0.3, -0.25) is 4.55 Å². The zero-order chi connectivity index (χ0) is 27.3. The van der Waals surface area contributed by atoms with Crippen molar-refractivity contribution in [3.63, 3.8) is 0 Å². The van der Waals surface area contributed by atoms with E-state index in [2.05, 4.69) is 131 Å². The largest absolute Gasteiger partial charge is 0.286 e. The Morgan fingerprint density at radius 1 is 0.632 bits per heavy atom. The van der Waals surface area contributed by atoms with Crippen molar-refractivity contribution < 1.29 is 13.0 Å². The second-order valence-electron chi connectivity index (χ2n) is 9.42. The summed E-state index contributed by atoms with van der Waals surface area (Å²) in [5.41, 5.74) is 2.77. The van der Waals surface area contributed by atoms with Gasteiger partial charge < -0.3 is 0 Å². The highest BCUT2D eigenvalue weighted by atomic mass is 32.2. The van der Waals surface area contributed by atoms with Crippen molar-refractivity contribution in [1.29, 1.82) is 0 Å². The Bertz CT molecular complexity index is 1210. The van der Waals surface area contributed by atoms with Gasteiger partial charge in [0.05, 0.1) is 6.26 Å². The molecule has 0 aliphatic rings. The quantitative estimate of drug-likeness (QED) is 0.117. The van der Waals surface area contributed by atoms with Gasteiger partial charge in [-0.25, -0.2) is 0 Å². The molecule has 6 heteroatoms. The van der Waals surface area contributed by atoms with Crippen LogP contribution in [0.2, 0.25) is 0 Å². The van der Waals surface area contributed by atoms with Gasteiger partial charge in [-0.05, 0) is 48.7 Å². The molecule has 38 heavy (non-hydrogen) atoms. The molecular weight excluding hydrogens is 526 g/mol. The van der Waals surface area contributed by atoms with Crippen molar-refractivity contribution >= 4 is 37.9 Å². The molecule has 3 nitrogen and oxygen atoms in total. The van der Waals surface area contributed by atoms with E-state index in [1.165, 1.54) is 53.6 Å². The first-order valence-electron chi connectivity index (χ1n) is 13.0. The van der Waals surface area contributed by atoms with Gasteiger partial charge in [-0.1, -0.05) is 141 Å². The molecule has 0 spiro atoms. The summed E-state index contributed by atoms with van der Waals surface area (Å²) in [5, 5.41) is 2.98. The Balaban J connectivity index is 0.000000732. The van der Waals surface area contributed by atoms with Crippen molar-refractivity contribution in [1.82, 2.24) is 0 Å². The molecule has 0 aromatic heterocycles. The van der Waals surface area contributed by atoms with Crippen LogP contribution in [0.1, 0.15) is 43.2 Å². The van der Waals surface area contributed by atoms with Gasteiger partial charge in [-0.2, -0.15) is 8.42 Å². The number of rotatable bonds is 11. The summed E-state index contributed by atoms with van der Waals surface area (Å²) in [5.74, 6) is 0. The Hall–Kier alpha value is -2.35. The van der Waals surface area contributed by atoms with Gasteiger partial charge in [0, 0.05) is 5.16 Å². The summed E-state index contributed by atoms with van der Waals surface area (Å²) in [6.07, 6.45) is 8.24. The third kappa shape index (κ3) is 10.1. The van der Waals surface area contributed by atoms with E-state index in [1.807, 2.05) is 0 Å². The van der Waals surface area contributed by atoms with Gasteiger partial charge in [0.1, 0.15) is 0 Å². The van der Waals surface area contributed by atoms with Crippen molar-refractivity contribution in [2.45, 2.75) is 37.3 Å². The zero-order valence-corrected chi connectivity index (χ0v) is 24.9. The molecule has 0 aliphatic heterocycles. The van der Waals surface area contributed by atoms with Crippen LogP contribution in [-0.2, 0) is 15.3 Å². The number of hydrogen-bond acceptors (Lipinski definition) is 2. The fraction of sp³-hybridized carbons (Fsp3) is 0.250. The summed E-state index contributed by atoms with van der Waals surface area (Å²) < 4.78 is 25.9. The van der Waals surface area contributed by atoms with E-state index >= 15 is 0 Å². The first kappa shape index (κ1) is 30.2. The normalized spacial score (nSPS) is 11.6. The lowest BCUT2D eigenvalue weighted by molar-refractivity contribution is 0.490. The van der Waals surface area contributed by atoms with Crippen molar-refractivity contribution in [3.05, 3.63) is 132 Å². The van der Waals surface area contributed by atoms with Gasteiger partial charge in [0.25, 0.3) is 10.1 Å². The highest BCUT2D eigenvalue weighted by molar-refractivity contribution is 7.85. The molecule has 0 saturated carbocycles. The summed E-state index contributed by atoms with van der Waals surface area (Å²) in [6, 6.07) is 44.1. The summed E-state index contributed by atoms with van der Waals surface area (Å²) in [7, 11) is -0.746. The van der Waals surface area contributed by atoms with Crippen LogP contribution in [0.3, 0.4) is 0 Å². The molecule has 4 aromatic rings. The maximum Gasteiger partial charge on any atom is 0.261 e. The van der Waals surface area contributed by atoms with Crippen LogP contribution in [0.15, 0.2) is 121 Å². The SMILES string of the molecule is CS(=O)(=O)O.PC(CCCCCCP(c1ccccc1)c1ccccc1)(c1ccccc1)c1ccccc1. The molecule has 1 unspecified atom stereocenters. The second-order valence-corrected chi connectivity index (χ2v) is 14.2.